The third-order valence-electron chi connectivity index (χ3n) is 7.53. The van der Waals surface area contributed by atoms with E-state index in [0.717, 1.165) is 77.0 Å². The number of rotatable bonds is 33. The fraction of sp³-hybridized carbons (Fsp3) is 0.700. The van der Waals surface area contributed by atoms with E-state index in [1.807, 2.05) is 21.1 Å². The van der Waals surface area contributed by atoms with Crippen LogP contribution in [0.1, 0.15) is 129 Å². The van der Waals surface area contributed by atoms with Crippen LogP contribution < -0.4 is 0 Å². The number of unbranched alkanes of at least 4 members (excludes halogenated alkanes) is 9. The number of hydrogen-bond acceptors (Lipinski definition) is 7. The topological polar surface area (TPSA) is 108 Å². The molecule has 0 amide bonds. The minimum Gasteiger partial charge on any atom is -0.462 e. The Kier molecular flexibility index (Phi) is 31.1. The van der Waals surface area contributed by atoms with Crippen LogP contribution in [-0.4, -0.2) is 74.9 Å². The molecule has 0 radical (unpaired) electrons. The van der Waals surface area contributed by atoms with Gasteiger partial charge in [0, 0.05) is 12.8 Å². The lowest BCUT2D eigenvalue weighted by atomic mass is 10.1. The van der Waals surface area contributed by atoms with Crippen LogP contribution in [0, 0.1) is 0 Å². The fourth-order valence-electron chi connectivity index (χ4n) is 4.51. The molecule has 0 saturated heterocycles. The van der Waals surface area contributed by atoms with Gasteiger partial charge in [0.25, 0.3) is 0 Å². The Balaban J connectivity index is 4.53. The van der Waals surface area contributed by atoms with Gasteiger partial charge in [-0.2, -0.15) is 0 Å². The molecule has 0 saturated carbocycles. The Labute approximate surface area is 305 Å². The lowest BCUT2D eigenvalue weighted by Crippen LogP contribution is -2.37. The summed E-state index contributed by atoms with van der Waals surface area (Å²) < 4.78 is 34.1. The first-order chi connectivity index (χ1) is 24.0. The van der Waals surface area contributed by atoms with Crippen LogP contribution in [-0.2, 0) is 32.7 Å². The van der Waals surface area contributed by atoms with Crippen LogP contribution in [0.15, 0.2) is 60.8 Å². The number of hydrogen-bond donors (Lipinski definition) is 1. The van der Waals surface area contributed by atoms with E-state index >= 15 is 0 Å². The van der Waals surface area contributed by atoms with Gasteiger partial charge < -0.3 is 18.9 Å². The lowest BCUT2D eigenvalue weighted by molar-refractivity contribution is -0.870. The highest BCUT2D eigenvalue weighted by Gasteiger charge is 2.27. The normalized spacial score (nSPS) is 14.4. The molecule has 10 heteroatoms. The quantitative estimate of drug-likeness (QED) is 0.0234. The van der Waals surface area contributed by atoms with Gasteiger partial charge in [0.05, 0.1) is 27.7 Å². The molecule has 0 aliphatic carbocycles. The molecule has 0 spiro atoms. The third-order valence-corrected chi connectivity index (χ3v) is 8.52. The molecule has 9 nitrogen and oxygen atoms in total. The molecular formula is C40H71NO8P+. The Morgan fingerprint density at radius 3 is 1.76 bits per heavy atom. The Morgan fingerprint density at radius 1 is 0.640 bits per heavy atom. The van der Waals surface area contributed by atoms with Crippen molar-refractivity contribution in [2.24, 2.45) is 0 Å². The summed E-state index contributed by atoms with van der Waals surface area (Å²) >= 11 is 0. The van der Waals surface area contributed by atoms with Gasteiger partial charge in [-0.25, -0.2) is 4.57 Å². The molecule has 50 heavy (non-hydrogen) atoms. The number of quaternary nitrogens is 1. The summed E-state index contributed by atoms with van der Waals surface area (Å²) in [5.74, 6) is -0.868. The number of likely N-dealkylation sites (N-methyl/N-ethyl adjacent to an activating group) is 1. The molecule has 0 bridgehead atoms. The predicted octanol–water partition coefficient (Wildman–Crippen LogP) is 10.1. The van der Waals surface area contributed by atoms with Crippen LogP contribution in [0.3, 0.4) is 0 Å². The molecule has 0 rings (SSSR count). The number of ether oxygens (including phenoxy) is 2. The molecule has 0 aromatic heterocycles. The van der Waals surface area contributed by atoms with Gasteiger partial charge in [0.2, 0.25) is 0 Å². The van der Waals surface area contributed by atoms with Crippen LogP contribution in [0.2, 0.25) is 0 Å². The number of carbonyl (C=O) groups excluding carboxylic acids is 2. The molecule has 288 valence electrons. The minimum atomic E-state index is -4.38. The van der Waals surface area contributed by atoms with Crippen molar-refractivity contribution < 1.29 is 42.1 Å². The van der Waals surface area contributed by atoms with E-state index in [4.69, 9.17) is 18.5 Å². The molecule has 1 unspecified atom stereocenters. The molecule has 0 aromatic rings. The van der Waals surface area contributed by atoms with Crippen molar-refractivity contribution in [3.8, 4) is 0 Å². The van der Waals surface area contributed by atoms with Crippen LogP contribution >= 0.6 is 7.82 Å². The number of allylic oxidation sites excluding steroid dienone is 10. The average molecular weight is 725 g/mol. The predicted molar refractivity (Wildman–Crippen MR) is 206 cm³/mol. The fourth-order valence-corrected chi connectivity index (χ4v) is 5.25. The second-order valence-corrected chi connectivity index (χ2v) is 15.0. The van der Waals surface area contributed by atoms with Gasteiger partial charge in [-0.1, -0.05) is 107 Å². The zero-order valence-electron chi connectivity index (χ0n) is 32.1. The highest BCUT2D eigenvalue weighted by molar-refractivity contribution is 7.47. The molecule has 0 aliphatic rings. The summed E-state index contributed by atoms with van der Waals surface area (Å²) in [6.07, 6.45) is 37.0. The second-order valence-electron chi connectivity index (χ2n) is 13.6. The van der Waals surface area contributed by atoms with E-state index in [0.29, 0.717) is 23.9 Å². The molecule has 0 fully saturated rings. The Hall–Kier alpha value is -2.29. The van der Waals surface area contributed by atoms with Gasteiger partial charge >= 0.3 is 19.8 Å². The van der Waals surface area contributed by atoms with Crippen molar-refractivity contribution in [3.63, 3.8) is 0 Å². The molecule has 2 atom stereocenters. The zero-order valence-corrected chi connectivity index (χ0v) is 33.0. The maximum Gasteiger partial charge on any atom is 0.472 e. The van der Waals surface area contributed by atoms with E-state index in [-0.39, 0.29) is 26.1 Å². The van der Waals surface area contributed by atoms with Gasteiger partial charge in [-0.15, -0.1) is 0 Å². The van der Waals surface area contributed by atoms with Gasteiger partial charge in [-0.05, 0) is 70.6 Å². The smallest absolute Gasteiger partial charge is 0.462 e. The Morgan fingerprint density at radius 2 is 1.14 bits per heavy atom. The standard InChI is InChI=1S/C40H70NO8P/c1-6-8-10-12-14-16-18-19-20-21-23-24-26-28-30-32-39(42)46-36-38(37-48-50(44,45)47-35-34-41(3,4)5)49-40(43)33-31-29-27-25-22-17-15-13-11-9-7-2/h8,10,13-16,19-20,23-24,38H,6-7,9,11-12,17-18,21-22,25-37H2,1-5H3/p+1/b10-8-,15-13-,16-14-,20-19-,24-23-/t38-/m1/s1. The third kappa shape index (κ3) is 35.5. The first kappa shape index (κ1) is 47.7. The average Bonchev–Trinajstić information content (AvgIpc) is 3.06. The van der Waals surface area contributed by atoms with Crippen LogP contribution in [0.4, 0.5) is 0 Å². The SMILES string of the molecule is CC/C=C\C/C=C\C/C=C\C/C=C\CCCCC(=O)OC[C@H](COP(=O)(O)OCC[N+](C)(C)C)OC(=O)CCCCCCC/C=C\CCCC. The molecule has 0 heterocycles. The number of carbonyl (C=O) groups is 2. The van der Waals surface area contributed by atoms with E-state index in [2.05, 4.69) is 74.6 Å². The summed E-state index contributed by atoms with van der Waals surface area (Å²) in [6.45, 7) is 4.17. The zero-order chi connectivity index (χ0) is 37.2. The highest BCUT2D eigenvalue weighted by atomic mass is 31.2. The largest absolute Gasteiger partial charge is 0.472 e. The monoisotopic (exact) mass is 724 g/mol. The molecule has 0 aliphatic heterocycles. The van der Waals surface area contributed by atoms with Gasteiger partial charge in [0.1, 0.15) is 19.8 Å². The maximum absolute atomic E-state index is 12.6. The number of phosphoric ester groups is 1. The van der Waals surface area contributed by atoms with E-state index in [9.17, 15) is 19.0 Å². The molecular weight excluding hydrogens is 653 g/mol. The van der Waals surface area contributed by atoms with E-state index < -0.39 is 32.5 Å². The number of phosphoric acid groups is 1. The van der Waals surface area contributed by atoms with E-state index in [1.54, 1.807) is 0 Å². The second kappa shape index (κ2) is 32.6. The lowest BCUT2D eigenvalue weighted by Gasteiger charge is -2.24. The number of esters is 2. The molecule has 0 aromatic carbocycles. The van der Waals surface area contributed by atoms with Crippen LogP contribution in [0.5, 0.6) is 0 Å². The van der Waals surface area contributed by atoms with E-state index in [1.165, 1.54) is 12.8 Å². The Bertz CT molecular complexity index is 1040. The minimum absolute atomic E-state index is 0.0206. The first-order valence-corrected chi connectivity index (χ1v) is 20.5. The van der Waals surface area contributed by atoms with Crippen molar-refractivity contribution in [1.82, 2.24) is 0 Å². The summed E-state index contributed by atoms with van der Waals surface area (Å²) in [4.78, 5) is 35.1. The van der Waals surface area contributed by atoms with Crippen LogP contribution in [0.25, 0.3) is 0 Å². The van der Waals surface area contributed by atoms with Crippen molar-refractivity contribution in [2.75, 3.05) is 47.5 Å². The number of nitrogens with zero attached hydrogens (tertiary/aromatic N) is 1. The summed E-state index contributed by atoms with van der Waals surface area (Å²) in [5, 5.41) is 0. The van der Waals surface area contributed by atoms with Crippen molar-refractivity contribution >= 4 is 19.8 Å². The maximum atomic E-state index is 12.6. The van der Waals surface area contributed by atoms with Gasteiger partial charge in [-0.3, -0.25) is 18.6 Å². The van der Waals surface area contributed by atoms with Crippen molar-refractivity contribution in [3.05, 3.63) is 60.8 Å². The summed E-state index contributed by atoms with van der Waals surface area (Å²) in [6, 6.07) is 0. The summed E-state index contributed by atoms with van der Waals surface area (Å²) in [5.41, 5.74) is 0. The van der Waals surface area contributed by atoms with Crippen molar-refractivity contribution in [2.45, 2.75) is 136 Å². The molecule has 1 N–H and O–H groups in total. The first-order valence-electron chi connectivity index (χ1n) is 19.0. The summed E-state index contributed by atoms with van der Waals surface area (Å²) in [7, 11) is 1.43. The highest BCUT2D eigenvalue weighted by Crippen LogP contribution is 2.43. The van der Waals surface area contributed by atoms with Gasteiger partial charge in [0.15, 0.2) is 6.10 Å². The van der Waals surface area contributed by atoms with Crippen molar-refractivity contribution in [1.29, 1.82) is 0 Å².